The van der Waals surface area contributed by atoms with Crippen molar-refractivity contribution in [3.05, 3.63) is 64.5 Å². The predicted octanol–water partition coefficient (Wildman–Crippen LogP) is 5.37. The van der Waals surface area contributed by atoms with Crippen LogP contribution in [0.5, 0.6) is 5.75 Å². The number of hydrogen-bond acceptors (Lipinski definition) is 7. The molecule has 1 saturated carbocycles. The number of aromatic hydroxyl groups is 1. The van der Waals surface area contributed by atoms with Crippen molar-refractivity contribution in [3.8, 4) is 16.9 Å². The van der Waals surface area contributed by atoms with Gasteiger partial charge in [0.2, 0.25) is 0 Å². The van der Waals surface area contributed by atoms with Crippen molar-refractivity contribution >= 4 is 50.1 Å². The molecule has 2 aromatic carbocycles. The molecule has 188 valence electrons. The fourth-order valence-corrected chi connectivity index (χ4v) is 6.67. The normalized spacial score (nSPS) is 18.4. The van der Waals surface area contributed by atoms with Crippen LogP contribution < -0.4 is 5.32 Å². The van der Waals surface area contributed by atoms with Gasteiger partial charge in [-0.25, -0.2) is 22.4 Å². The Kier molecular flexibility index (Phi) is 6.59. The van der Waals surface area contributed by atoms with E-state index in [1.165, 1.54) is 24.7 Å². The van der Waals surface area contributed by atoms with Gasteiger partial charge in [-0.3, -0.25) is 0 Å². The van der Waals surface area contributed by atoms with Crippen LogP contribution in [0, 0.1) is 6.92 Å². The van der Waals surface area contributed by atoms with Gasteiger partial charge in [-0.05, 0) is 61.9 Å². The Bertz CT molecular complexity index is 1540. The van der Waals surface area contributed by atoms with Crippen LogP contribution in [0.25, 0.3) is 22.2 Å². The molecule has 4 aromatic rings. The minimum atomic E-state index is -4.02. The number of halogens is 2. The van der Waals surface area contributed by atoms with Gasteiger partial charge in [0.15, 0.2) is 11.4 Å². The Labute approximate surface area is 218 Å². The molecule has 0 aliphatic heterocycles. The summed E-state index contributed by atoms with van der Waals surface area (Å²) in [6.07, 6.45) is 5.34. The maximum atomic E-state index is 13.8. The molecule has 1 fully saturated rings. The lowest BCUT2D eigenvalue weighted by Crippen LogP contribution is -2.28. The zero-order valence-electron chi connectivity index (χ0n) is 19.3. The summed E-state index contributed by atoms with van der Waals surface area (Å²) in [5, 5.41) is 23.9. The SMILES string of the molecule is Cc1ccccc1S(=O)(=O)n1cc(-c2cc(Cl)c(O)c(Cl)c2)c2c(N[C@H]3CC[C@H](O)CC3)ncnc21. The molecule has 0 spiro atoms. The van der Waals surface area contributed by atoms with Gasteiger partial charge in [-0.2, -0.15) is 0 Å². The summed E-state index contributed by atoms with van der Waals surface area (Å²) < 4.78 is 28.7. The van der Waals surface area contributed by atoms with Gasteiger partial charge in [0, 0.05) is 17.8 Å². The van der Waals surface area contributed by atoms with Crippen molar-refractivity contribution in [1.29, 1.82) is 0 Å². The molecule has 0 saturated heterocycles. The molecule has 0 bridgehead atoms. The standard InChI is InChI=1S/C25H24Cl2N4O4S/c1-14-4-2-3-5-21(14)36(34,35)31-12-18(15-10-19(26)23(33)20(27)11-15)22-24(28-13-29-25(22)31)30-16-6-8-17(32)9-7-16/h2-5,10-13,16-17,32-33H,6-9H2,1H3,(H,28,29,30)/t16-,17-. The number of phenols is 1. The molecule has 1 aliphatic carbocycles. The maximum Gasteiger partial charge on any atom is 0.269 e. The summed E-state index contributed by atoms with van der Waals surface area (Å²) in [5.41, 5.74) is 1.79. The highest BCUT2D eigenvalue weighted by atomic mass is 35.5. The highest BCUT2D eigenvalue weighted by Gasteiger charge is 2.28. The number of nitrogens with one attached hydrogen (secondary N) is 1. The third kappa shape index (κ3) is 4.41. The Morgan fingerprint density at radius 2 is 1.72 bits per heavy atom. The zero-order valence-corrected chi connectivity index (χ0v) is 21.6. The molecule has 1 aliphatic rings. The third-order valence-electron chi connectivity index (χ3n) is 6.55. The number of aliphatic hydroxyl groups excluding tert-OH is 1. The number of aliphatic hydroxyl groups is 1. The van der Waals surface area contributed by atoms with Crippen LogP contribution in [-0.4, -0.2) is 44.7 Å². The van der Waals surface area contributed by atoms with Crippen LogP contribution in [-0.2, 0) is 10.0 Å². The van der Waals surface area contributed by atoms with E-state index in [4.69, 9.17) is 23.2 Å². The summed E-state index contributed by atoms with van der Waals surface area (Å²) in [6, 6.07) is 9.84. The highest BCUT2D eigenvalue weighted by Crippen LogP contribution is 2.41. The van der Waals surface area contributed by atoms with E-state index in [2.05, 4.69) is 15.3 Å². The van der Waals surface area contributed by atoms with E-state index >= 15 is 0 Å². The van der Waals surface area contributed by atoms with Crippen molar-refractivity contribution < 1.29 is 18.6 Å². The molecular weight excluding hydrogens is 523 g/mol. The fourth-order valence-electron chi connectivity index (χ4n) is 4.63. The van der Waals surface area contributed by atoms with Gasteiger partial charge in [0.1, 0.15) is 12.1 Å². The molecule has 0 unspecified atom stereocenters. The van der Waals surface area contributed by atoms with Crippen molar-refractivity contribution in [2.24, 2.45) is 0 Å². The maximum absolute atomic E-state index is 13.8. The number of rotatable bonds is 5. The van der Waals surface area contributed by atoms with Crippen LogP contribution in [0.2, 0.25) is 10.0 Å². The molecule has 11 heteroatoms. The Balaban J connectivity index is 1.74. The van der Waals surface area contributed by atoms with E-state index in [-0.39, 0.29) is 38.5 Å². The average Bonchev–Trinajstić information content (AvgIpc) is 3.25. The van der Waals surface area contributed by atoms with Gasteiger partial charge >= 0.3 is 0 Å². The van der Waals surface area contributed by atoms with E-state index in [1.54, 1.807) is 31.2 Å². The van der Waals surface area contributed by atoms with E-state index in [0.717, 1.165) is 16.8 Å². The summed E-state index contributed by atoms with van der Waals surface area (Å²) in [6.45, 7) is 1.73. The van der Waals surface area contributed by atoms with E-state index < -0.39 is 10.0 Å². The van der Waals surface area contributed by atoms with Gasteiger partial charge in [0.05, 0.1) is 26.4 Å². The topological polar surface area (TPSA) is 117 Å². The fraction of sp³-hybridized carbons (Fsp3) is 0.280. The molecule has 0 radical (unpaired) electrons. The van der Waals surface area contributed by atoms with Crippen molar-refractivity contribution in [3.63, 3.8) is 0 Å². The quantitative estimate of drug-likeness (QED) is 0.308. The van der Waals surface area contributed by atoms with Crippen LogP contribution >= 0.6 is 23.2 Å². The van der Waals surface area contributed by atoms with Crippen molar-refractivity contribution in [1.82, 2.24) is 13.9 Å². The molecule has 36 heavy (non-hydrogen) atoms. The molecule has 0 amide bonds. The number of aromatic nitrogens is 3. The van der Waals surface area contributed by atoms with E-state index in [9.17, 15) is 18.6 Å². The van der Waals surface area contributed by atoms with Crippen LogP contribution in [0.4, 0.5) is 5.82 Å². The number of phenolic OH excluding ortho intramolecular Hbond substituents is 1. The van der Waals surface area contributed by atoms with E-state index in [1.807, 2.05) is 0 Å². The number of fused-ring (bicyclic) bond motifs is 1. The van der Waals surface area contributed by atoms with Crippen LogP contribution in [0.1, 0.15) is 31.2 Å². The predicted molar refractivity (Wildman–Crippen MR) is 140 cm³/mol. The number of benzene rings is 2. The largest absolute Gasteiger partial charge is 0.505 e. The molecule has 0 atom stereocenters. The summed E-state index contributed by atoms with van der Waals surface area (Å²) in [7, 11) is -4.02. The molecule has 3 N–H and O–H groups in total. The lowest BCUT2D eigenvalue weighted by atomic mass is 9.93. The smallest absolute Gasteiger partial charge is 0.269 e. The van der Waals surface area contributed by atoms with Gasteiger partial charge in [-0.15, -0.1) is 0 Å². The summed E-state index contributed by atoms with van der Waals surface area (Å²) in [5.74, 6) is 0.212. The lowest BCUT2D eigenvalue weighted by molar-refractivity contribution is 0.126. The number of anilines is 1. The van der Waals surface area contributed by atoms with Crippen molar-refractivity contribution in [2.75, 3.05) is 5.32 Å². The lowest BCUT2D eigenvalue weighted by Gasteiger charge is -2.26. The van der Waals surface area contributed by atoms with Crippen LogP contribution in [0.3, 0.4) is 0 Å². The second-order valence-corrected chi connectivity index (χ2v) is 11.6. The van der Waals surface area contributed by atoms with Gasteiger partial charge in [0.25, 0.3) is 10.0 Å². The molecule has 8 nitrogen and oxygen atoms in total. The first kappa shape index (κ1) is 24.8. The molecule has 5 rings (SSSR count). The number of aryl methyl sites for hydroxylation is 1. The summed E-state index contributed by atoms with van der Waals surface area (Å²) in [4.78, 5) is 8.96. The zero-order chi connectivity index (χ0) is 25.6. The second kappa shape index (κ2) is 9.55. The number of hydrogen-bond donors (Lipinski definition) is 3. The Morgan fingerprint density at radius 1 is 1.06 bits per heavy atom. The van der Waals surface area contributed by atoms with Crippen LogP contribution in [0.15, 0.2) is 53.8 Å². The number of nitrogens with zero attached hydrogens (tertiary/aromatic N) is 3. The van der Waals surface area contributed by atoms with Crippen molar-refractivity contribution in [2.45, 2.75) is 49.6 Å². The van der Waals surface area contributed by atoms with Gasteiger partial charge < -0.3 is 15.5 Å². The first-order valence-electron chi connectivity index (χ1n) is 11.5. The average molecular weight is 547 g/mol. The minimum Gasteiger partial charge on any atom is -0.505 e. The molecule has 2 heterocycles. The third-order valence-corrected chi connectivity index (χ3v) is 8.93. The highest BCUT2D eigenvalue weighted by molar-refractivity contribution is 7.90. The molecular formula is C25H24Cl2N4O4S. The molecule has 2 aromatic heterocycles. The first-order valence-corrected chi connectivity index (χ1v) is 13.7. The first-order chi connectivity index (χ1) is 17.2. The second-order valence-electron chi connectivity index (χ2n) is 8.97. The Hall–Kier alpha value is -2.85. The monoisotopic (exact) mass is 546 g/mol. The minimum absolute atomic E-state index is 0.0350. The van der Waals surface area contributed by atoms with E-state index in [0.29, 0.717) is 40.7 Å². The Morgan fingerprint density at radius 3 is 2.39 bits per heavy atom. The van der Waals surface area contributed by atoms with Gasteiger partial charge in [-0.1, -0.05) is 41.4 Å². The summed E-state index contributed by atoms with van der Waals surface area (Å²) >= 11 is 12.4.